The molecule has 3 N–H and O–H groups in total. The van der Waals surface area contributed by atoms with Crippen molar-refractivity contribution < 1.29 is 24.5 Å². The maximum absolute atomic E-state index is 12.3. The smallest absolute Gasteiger partial charge is 0.347 e. The van der Waals surface area contributed by atoms with Crippen molar-refractivity contribution >= 4 is 16.8 Å². The molecule has 0 spiro atoms. The molecule has 0 amide bonds. The van der Waals surface area contributed by atoms with Crippen LogP contribution in [0.4, 0.5) is 0 Å². The number of phenolic OH excluding ortho intramolecular Hbond substituents is 3. The lowest BCUT2D eigenvalue weighted by Crippen LogP contribution is -2.14. The van der Waals surface area contributed by atoms with Gasteiger partial charge in [0.25, 0.3) is 0 Å². The Morgan fingerprint density at radius 3 is 2.32 bits per heavy atom. The van der Waals surface area contributed by atoms with Crippen LogP contribution in [0, 0.1) is 0 Å². The second-order valence-electron chi connectivity index (χ2n) is 4.68. The van der Waals surface area contributed by atoms with Crippen LogP contribution in [0.1, 0.15) is 15.9 Å². The normalized spacial score (nSPS) is 10.7. The van der Waals surface area contributed by atoms with Gasteiger partial charge in [0.15, 0.2) is 17.1 Å². The third-order valence-electron chi connectivity index (χ3n) is 3.23. The van der Waals surface area contributed by atoms with Crippen LogP contribution < -0.4 is 5.63 Å². The summed E-state index contributed by atoms with van der Waals surface area (Å²) < 4.78 is 4.93. The number of ketones is 1. The van der Waals surface area contributed by atoms with Crippen molar-refractivity contribution in [1.82, 2.24) is 0 Å². The van der Waals surface area contributed by atoms with E-state index in [-0.39, 0.29) is 22.5 Å². The Kier molecular flexibility index (Phi) is 3.06. The molecule has 0 bridgehead atoms. The molecular weight excluding hydrogens is 288 g/mol. The van der Waals surface area contributed by atoms with E-state index in [0.717, 1.165) is 0 Å². The van der Waals surface area contributed by atoms with E-state index in [0.29, 0.717) is 5.39 Å². The van der Waals surface area contributed by atoms with Crippen LogP contribution in [0.2, 0.25) is 0 Å². The number of aromatic hydroxyl groups is 3. The molecule has 0 saturated carbocycles. The van der Waals surface area contributed by atoms with Crippen molar-refractivity contribution in [3.05, 3.63) is 64.0 Å². The molecule has 3 aromatic rings. The van der Waals surface area contributed by atoms with Crippen molar-refractivity contribution in [2.24, 2.45) is 0 Å². The van der Waals surface area contributed by atoms with Crippen molar-refractivity contribution in [3.8, 4) is 17.2 Å². The average molecular weight is 298 g/mol. The Bertz CT molecular complexity index is 937. The number of benzene rings is 2. The number of hydrogen-bond donors (Lipinski definition) is 3. The number of rotatable bonds is 2. The fraction of sp³-hybridized carbons (Fsp3) is 0. The average Bonchev–Trinajstić information content (AvgIpc) is 2.51. The lowest BCUT2D eigenvalue weighted by molar-refractivity contribution is 0.103. The van der Waals surface area contributed by atoms with E-state index in [9.17, 15) is 24.9 Å². The van der Waals surface area contributed by atoms with E-state index < -0.39 is 22.9 Å². The highest BCUT2D eigenvalue weighted by atomic mass is 16.4. The molecule has 1 heterocycles. The molecule has 0 aliphatic heterocycles. The van der Waals surface area contributed by atoms with Crippen LogP contribution in [0.5, 0.6) is 17.2 Å². The van der Waals surface area contributed by atoms with Crippen molar-refractivity contribution in [1.29, 1.82) is 0 Å². The van der Waals surface area contributed by atoms with Crippen molar-refractivity contribution in [2.45, 2.75) is 0 Å². The van der Waals surface area contributed by atoms with E-state index in [1.807, 2.05) is 0 Å². The molecule has 0 fully saturated rings. The van der Waals surface area contributed by atoms with Gasteiger partial charge in [0.1, 0.15) is 11.3 Å². The third kappa shape index (κ3) is 2.16. The first-order valence-corrected chi connectivity index (χ1v) is 6.30. The van der Waals surface area contributed by atoms with Gasteiger partial charge in [-0.15, -0.1) is 0 Å². The zero-order chi connectivity index (χ0) is 15.9. The van der Waals surface area contributed by atoms with Crippen LogP contribution in [0.25, 0.3) is 11.0 Å². The van der Waals surface area contributed by atoms with Crippen LogP contribution in [0.15, 0.2) is 51.7 Å². The predicted molar refractivity (Wildman–Crippen MR) is 77.4 cm³/mol. The molecule has 0 saturated heterocycles. The Morgan fingerprint density at radius 2 is 1.64 bits per heavy atom. The molecule has 110 valence electrons. The predicted octanol–water partition coefficient (Wildman–Crippen LogP) is 2.14. The number of hydrogen-bond acceptors (Lipinski definition) is 6. The summed E-state index contributed by atoms with van der Waals surface area (Å²) in [6.07, 6.45) is 0. The monoisotopic (exact) mass is 298 g/mol. The van der Waals surface area contributed by atoms with Crippen LogP contribution >= 0.6 is 0 Å². The first kappa shape index (κ1) is 13.7. The van der Waals surface area contributed by atoms with E-state index in [2.05, 4.69) is 0 Å². The first-order chi connectivity index (χ1) is 10.5. The molecule has 6 nitrogen and oxygen atoms in total. The summed E-state index contributed by atoms with van der Waals surface area (Å²) in [5.41, 5.74) is -1.10. The second-order valence-corrected chi connectivity index (χ2v) is 4.68. The Hall–Kier alpha value is -3.28. The molecule has 0 unspecified atom stereocenters. The van der Waals surface area contributed by atoms with Gasteiger partial charge in [-0.25, -0.2) is 4.79 Å². The summed E-state index contributed by atoms with van der Waals surface area (Å²) in [6, 6.07) is 9.37. The van der Waals surface area contributed by atoms with Gasteiger partial charge < -0.3 is 19.7 Å². The summed E-state index contributed by atoms with van der Waals surface area (Å²) in [5.74, 6) is -1.54. The van der Waals surface area contributed by atoms with E-state index >= 15 is 0 Å². The van der Waals surface area contributed by atoms with Crippen LogP contribution in [0.3, 0.4) is 0 Å². The molecule has 0 aliphatic rings. The van der Waals surface area contributed by atoms with Gasteiger partial charge >= 0.3 is 5.63 Å². The Balaban J connectivity index is 2.17. The number of carbonyl (C=O) groups is 1. The highest BCUT2D eigenvalue weighted by molar-refractivity contribution is 6.10. The summed E-state index contributed by atoms with van der Waals surface area (Å²) in [5, 5.41) is 28.6. The third-order valence-corrected chi connectivity index (χ3v) is 3.23. The van der Waals surface area contributed by atoms with Gasteiger partial charge in [-0.1, -0.05) is 0 Å². The Labute approximate surface area is 123 Å². The van der Waals surface area contributed by atoms with E-state index in [1.165, 1.54) is 42.5 Å². The molecule has 0 aliphatic carbocycles. The molecule has 1 aromatic heterocycles. The van der Waals surface area contributed by atoms with Crippen molar-refractivity contribution in [2.75, 3.05) is 0 Å². The minimum absolute atomic E-state index is 0.00231. The van der Waals surface area contributed by atoms with Crippen LogP contribution in [-0.4, -0.2) is 21.1 Å². The van der Waals surface area contributed by atoms with Crippen molar-refractivity contribution in [3.63, 3.8) is 0 Å². The molecule has 2 aromatic carbocycles. The molecule has 6 heteroatoms. The molecule has 0 atom stereocenters. The highest BCUT2D eigenvalue weighted by Crippen LogP contribution is 2.32. The number of carbonyl (C=O) groups excluding carboxylic acids is 1. The fourth-order valence-corrected chi connectivity index (χ4v) is 2.09. The van der Waals surface area contributed by atoms with Gasteiger partial charge in [-0.3, -0.25) is 4.79 Å². The largest absolute Gasteiger partial charge is 0.508 e. The lowest BCUT2D eigenvalue weighted by Gasteiger charge is -2.04. The van der Waals surface area contributed by atoms with Gasteiger partial charge in [0, 0.05) is 10.9 Å². The fourth-order valence-electron chi connectivity index (χ4n) is 2.09. The zero-order valence-corrected chi connectivity index (χ0v) is 11.1. The van der Waals surface area contributed by atoms with Gasteiger partial charge in [0.05, 0.1) is 0 Å². The highest BCUT2D eigenvalue weighted by Gasteiger charge is 2.18. The maximum atomic E-state index is 12.3. The van der Waals surface area contributed by atoms with Crippen LogP contribution in [-0.2, 0) is 0 Å². The number of fused-ring (bicyclic) bond motifs is 1. The molecule has 0 radical (unpaired) electrons. The SMILES string of the molecule is O=C(c1ccc(O)cc1)c1cc2ccc(O)c(O)c2oc1=O. The first-order valence-electron chi connectivity index (χ1n) is 6.30. The second kappa shape index (κ2) is 4.92. The number of phenols is 3. The maximum Gasteiger partial charge on any atom is 0.347 e. The minimum Gasteiger partial charge on any atom is -0.508 e. The quantitative estimate of drug-likeness (QED) is 0.380. The lowest BCUT2D eigenvalue weighted by atomic mass is 10.0. The molecule has 22 heavy (non-hydrogen) atoms. The summed E-state index contributed by atoms with van der Waals surface area (Å²) in [7, 11) is 0. The van der Waals surface area contributed by atoms with Gasteiger partial charge in [-0.05, 0) is 42.5 Å². The summed E-state index contributed by atoms with van der Waals surface area (Å²) >= 11 is 0. The molecule has 3 rings (SSSR count). The summed E-state index contributed by atoms with van der Waals surface area (Å²) in [4.78, 5) is 24.3. The standard InChI is InChI=1S/C16H10O6/c17-10-4-1-8(2-5-10)13(19)11-7-9-3-6-12(18)14(20)15(9)22-16(11)21/h1-7,17-18,20H. The van der Waals surface area contributed by atoms with E-state index in [4.69, 9.17) is 4.42 Å². The Morgan fingerprint density at radius 1 is 0.955 bits per heavy atom. The minimum atomic E-state index is -0.925. The van der Waals surface area contributed by atoms with Gasteiger partial charge in [-0.2, -0.15) is 0 Å². The summed E-state index contributed by atoms with van der Waals surface area (Å²) in [6.45, 7) is 0. The zero-order valence-electron chi connectivity index (χ0n) is 11.1. The van der Waals surface area contributed by atoms with E-state index in [1.54, 1.807) is 0 Å². The van der Waals surface area contributed by atoms with Gasteiger partial charge in [0.2, 0.25) is 5.75 Å². The molecular formula is C16H10O6. The topological polar surface area (TPSA) is 108 Å².